The van der Waals surface area contributed by atoms with Gasteiger partial charge in [0.1, 0.15) is 0 Å². The highest BCUT2D eigenvalue weighted by molar-refractivity contribution is 6.31. The number of hydrogen-bond donors (Lipinski definition) is 3. The van der Waals surface area contributed by atoms with Crippen molar-refractivity contribution in [3.05, 3.63) is 59.2 Å². The predicted octanol–water partition coefficient (Wildman–Crippen LogP) is 5.57. The van der Waals surface area contributed by atoms with E-state index in [9.17, 15) is 9.59 Å². The first-order chi connectivity index (χ1) is 13.5. The first-order valence-electron chi connectivity index (χ1n) is 9.49. The van der Waals surface area contributed by atoms with Crippen LogP contribution < -0.4 is 11.1 Å². The van der Waals surface area contributed by atoms with E-state index in [0.717, 1.165) is 36.6 Å². The number of rotatable bonds is 9. The molecule has 0 saturated heterocycles. The first-order valence-corrected chi connectivity index (χ1v) is 9.86. The number of hydrogen-bond acceptors (Lipinski definition) is 3. The normalized spacial score (nSPS) is 10.9. The van der Waals surface area contributed by atoms with Crippen molar-refractivity contribution in [2.24, 2.45) is 0 Å². The average molecular weight is 398 g/mol. The number of nitrogens with one attached hydrogen (secondary N) is 2. The van der Waals surface area contributed by atoms with Crippen molar-refractivity contribution in [3.63, 3.8) is 0 Å². The molecule has 0 aliphatic carbocycles. The lowest BCUT2D eigenvalue weighted by Gasteiger charge is -2.07. The van der Waals surface area contributed by atoms with E-state index in [4.69, 9.17) is 17.3 Å². The highest BCUT2D eigenvalue weighted by Gasteiger charge is 2.10. The van der Waals surface area contributed by atoms with Crippen molar-refractivity contribution in [1.82, 2.24) is 4.98 Å². The molecule has 4 N–H and O–H groups in total. The standard InChI is InChI=1S/C22H24ClN3O2/c23-16-11-12-18-15(13-16)14-20(25-18)21(27)9-3-1-2-4-10-22(28)26-19-8-6-5-7-17(19)24/h5-8,11-14,25H,1-4,9-10,24H2,(H,26,28). The predicted molar refractivity (Wildman–Crippen MR) is 115 cm³/mol. The second kappa shape index (κ2) is 9.42. The number of halogens is 1. The van der Waals surface area contributed by atoms with Crippen LogP contribution in [0.1, 0.15) is 49.0 Å². The van der Waals surface area contributed by atoms with Crippen LogP contribution >= 0.6 is 11.6 Å². The first kappa shape index (κ1) is 20.0. The van der Waals surface area contributed by atoms with Crippen molar-refractivity contribution >= 4 is 45.6 Å². The summed E-state index contributed by atoms with van der Waals surface area (Å²) < 4.78 is 0. The zero-order valence-corrected chi connectivity index (χ0v) is 16.4. The molecule has 146 valence electrons. The van der Waals surface area contributed by atoms with E-state index in [1.807, 2.05) is 30.3 Å². The zero-order valence-electron chi connectivity index (χ0n) is 15.6. The second-order valence-electron chi connectivity index (χ2n) is 6.89. The van der Waals surface area contributed by atoms with E-state index >= 15 is 0 Å². The summed E-state index contributed by atoms with van der Waals surface area (Å²) in [5.41, 5.74) is 8.57. The Morgan fingerprint density at radius 2 is 1.71 bits per heavy atom. The van der Waals surface area contributed by atoms with E-state index in [1.54, 1.807) is 18.2 Å². The van der Waals surface area contributed by atoms with Crippen molar-refractivity contribution in [3.8, 4) is 0 Å². The molecular formula is C22H24ClN3O2. The summed E-state index contributed by atoms with van der Waals surface area (Å²) in [4.78, 5) is 27.4. The monoisotopic (exact) mass is 397 g/mol. The Balaban J connectivity index is 1.34. The Hall–Kier alpha value is -2.79. The average Bonchev–Trinajstić information content (AvgIpc) is 3.09. The van der Waals surface area contributed by atoms with Gasteiger partial charge in [0.25, 0.3) is 0 Å². The van der Waals surface area contributed by atoms with E-state index in [1.165, 1.54) is 0 Å². The molecule has 0 spiro atoms. The summed E-state index contributed by atoms with van der Waals surface area (Å²) in [5.74, 6) is 0.0651. The zero-order chi connectivity index (χ0) is 19.9. The minimum atomic E-state index is -0.0364. The lowest BCUT2D eigenvalue weighted by molar-refractivity contribution is -0.116. The third kappa shape index (κ3) is 5.36. The third-order valence-electron chi connectivity index (χ3n) is 4.68. The number of nitrogens with two attached hydrogens (primary N) is 1. The number of ketones is 1. The summed E-state index contributed by atoms with van der Waals surface area (Å²) in [7, 11) is 0. The number of amides is 1. The summed E-state index contributed by atoms with van der Waals surface area (Å²) in [6.45, 7) is 0. The number of para-hydroxylation sites is 2. The molecule has 3 rings (SSSR count). The van der Waals surface area contributed by atoms with E-state index in [-0.39, 0.29) is 11.7 Å². The maximum atomic E-state index is 12.3. The summed E-state index contributed by atoms with van der Waals surface area (Å²) >= 11 is 5.98. The molecule has 0 unspecified atom stereocenters. The van der Waals surface area contributed by atoms with Crippen molar-refractivity contribution in [1.29, 1.82) is 0 Å². The number of benzene rings is 2. The van der Waals surface area contributed by atoms with Crippen LogP contribution in [0.3, 0.4) is 0 Å². The van der Waals surface area contributed by atoms with Gasteiger partial charge in [0.15, 0.2) is 5.78 Å². The highest BCUT2D eigenvalue weighted by atomic mass is 35.5. The van der Waals surface area contributed by atoms with Crippen LogP contribution in [0, 0.1) is 0 Å². The molecule has 0 bridgehead atoms. The lowest BCUT2D eigenvalue weighted by Crippen LogP contribution is -2.12. The molecule has 0 aliphatic rings. The van der Waals surface area contributed by atoms with Crippen molar-refractivity contribution in [2.45, 2.75) is 38.5 Å². The Labute approximate surface area is 169 Å². The molecule has 28 heavy (non-hydrogen) atoms. The quantitative estimate of drug-likeness (QED) is 0.250. The summed E-state index contributed by atoms with van der Waals surface area (Å²) in [6, 6.07) is 14.6. The third-order valence-corrected chi connectivity index (χ3v) is 4.91. The number of unbranched alkanes of at least 4 members (excludes halogenated alkanes) is 3. The van der Waals surface area contributed by atoms with Gasteiger partial charge in [-0.3, -0.25) is 9.59 Å². The second-order valence-corrected chi connectivity index (χ2v) is 7.32. The number of carbonyl (C=O) groups excluding carboxylic acids is 2. The molecule has 2 aromatic carbocycles. The van der Waals surface area contributed by atoms with Gasteiger partial charge >= 0.3 is 0 Å². The Bertz CT molecular complexity index is 981. The summed E-state index contributed by atoms with van der Waals surface area (Å²) in [5, 5.41) is 4.43. The minimum absolute atomic E-state index is 0.0364. The fraction of sp³-hybridized carbons (Fsp3) is 0.273. The van der Waals surface area contributed by atoms with Gasteiger partial charge in [-0.25, -0.2) is 0 Å². The topological polar surface area (TPSA) is 88.0 Å². The molecular weight excluding hydrogens is 374 g/mol. The largest absolute Gasteiger partial charge is 0.397 e. The Morgan fingerprint density at radius 3 is 2.50 bits per heavy atom. The molecule has 1 aromatic heterocycles. The van der Waals surface area contributed by atoms with Crippen LogP contribution in [-0.2, 0) is 4.79 Å². The number of nitrogen functional groups attached to an aromatic ring is 1. The molecule has 6 heteroatoms. The van der Waals surface area contributed by atoms with E-state index in [0.29, 0.717) is 34.9 Å². The van der Waals surface area contributed by atoms with Gasteiger partial charge in [0.2, 0.25) is 5.91 Å². The Kier molecular flexibility index (Phi) is 6.71. The lowest BCUT2D eigenvalue weighted by atomic mass is 10.1. The molecule has 5 nitrogen and oxygen atoms in total. The van der Waals surface area contributed by atoms with Crippen LogP contribution in [0.2, 0.25) is 5.02 Å². The van der Waals surface area contributed by atoms with Gasteiger partial charge in [-0.15, -0.1) is 0 Å². The molecule has 0 radical (unpaired) electrons. The number of anilines is 2. The SMILES string of the molecule is Nc1ccccc1NC(=O)CCCCCCC(=O)c1cc2cc(Cl)ccc2[nH]1. The fourth-order valence-electron chi connectivity index (χ4n) is 3.14. The molecule has 0 fully saturated rings. The number of aromatic nitrogens is 1. The van der Waals surface area contributed by atoms with Gasteiger partial charge in [-0.1, -0.05) is 36.6 Å². The van der Waals surface area contributed by atoms with Crippen LogP contribution in [0.5, 0.6) is 0 Å². The number of fused-ring (bicyclic) bond motifs is 1. The van der Waals surface area contributed by atoms with E-state index in [2.05, 4.69) is 10.3 Å². The van der Waals surface area contributed by atoms with Gasteiger partial charge in [-0.05, 0) is 49.2 Å². The number of H-pyrrole nitrogens is 1. The molecule has 0 aliphatic heterocycles. The van der Waals surface area contributed by atoms with Crippen LogP contribution in [-0.4, -0.2) is 16.7 Å². The van der Waals surface area contributed by atoms with Crippen molar-refractivity contribution < 1.29 is 9.59 Å². The van der Waals surface area contributed by atoms with Gasteiger partial charge in [0.05, 0.1) is 17.1 Å². The summed E-state index contributed by atoms with van der Waals surface area (Å²) in [6.07, 6.45) is 4.37. The number of aromatic amines is 1. The molecule has 0 saturated carbocycles. The van der Waals surface area contributed by atoms with Crippen LogP contribution in [0.4, 0.5) is 11.4 Å². The van der Waals surface area contributed by atoms with Gasteiger partial charge < -0.3 is 16.0 Å². The van der Waals surface area contributed by atoms with Crippen molar-refractivity contribution in [2.75, 3.05) is 11.1 Å². The molecule has 3 aromatic rings. The maximum Gasteiger partial charge on any atom is 0.224 e. The Morgan fingerprint density at radius 1 is 0.964 bits per heavy atom. The van der Waals surface area contributed by atoms with E-state index < -0.39 is 0 Å². The smallest absolute Gasteiger partial charge is 0.224 e. The van der Waals surface area contributed by atoms with Gasteiger partial charge in [-0.2, -0.15) is 0 Å². The minimum Gasteiger partial charge on any atom is -0.397 e. The molecule has 1 amide bonds. The highest BCUT2D eigenvalue weighted by Crippen LogP contribution is 2.21. The number of carbonyl (C=O) groups is 2. The molecule has 1 heterocycles. The van der Waals surface area contributed by atoms with Gasteiger partial charge in [0, 0.05) is 28.8 Å². The van der Waals surface area contributed by atoms with Crippen LogP contribution in [0.25, 0.3) is 10.9 Å². The molecule has 0 atom stereocenters. The fourth-order valence-corrected chi connectivity index (χ4v) is 3.32. The maximum absolute atomic E-state index is 12.3. The number of Topliss-reactive ketones (excluding diaryl/α,β-unsaturated/α-hetero) is 1. The van der Waals surface area contributed by atoms with Crippen LogP contribution in [0.15, 0.2) is 48.5 Å².